The van der Waals surface area contributed by atoms with Crippen LogP contribution < -0.4 is 4.90 Å². The zero-order chi connectivity index (χ0) is 16.8. The number of carbonyl (C=O) groups excluding carboxylic acids is 1. The third kappa shape index (κ3) is 4.13. The van der Waals surface area contributed by atoms with Gasteiger partial charge >= 0.3 is 0 Å². The molecule has 2 aromatic heterocycles. The molecule has 1 saturated heterocycles. The van der Waals surface area contributed by atoms with Gasteiger partial charge in [-0.05, 0) is 31.4 Å². The maximum atomic E-state index is 12.5. The van der Waals surface area contributed by atoms with Gasteiger partial charge in [0.2, 0.25) is 5.91 Å². The third-order valence-electron chi connectivity index (χ3n) is 4.68. The molecule has 3 rings (SSSR count). The molecule has 2 aromatic rings. The Bertz CT molecular complexity index is 628. The fraction of sp³-hybridized carbons (Fsp3) is 0.500. The van der Waals surface area contributed by atoms with Gasteiger partial charge in [0.05, 0.1) is 6.33 Å². The number of aromatic nitrogens is 3. The van der Waals surface area contributed by atoms with Gasteiger partial charge in [-0.1, -0.05) is 6.07 Å². The lowest BCUT2D eigenvalue weighted by molar-refractivity contribution is -0.132. The van der Waals surface area contributed by atoms with Gasteiger partial charge in [0.25, 0.3) is 0 Å². The number of hydrogen-bond donors (Lipinski definition) is 0. The molecule has 0 aliphatic carbocycles. The molecule has 1 aliphatic rings. The summed E-state index contributed by atoms with van der Waals surface area (Å²) in [5, 5.41) is 0. The first-order chi connectivity index (χ1) is 11.7. The Morgan fingerprint density at radius 2 is 2.29 bits per heavy atom. The SMILES string of the molecule is CN(C(=O)CCCn1ccnc1)[C@H]1CCCN(c2ccccn2)C1. The summed E-state index contributed by atoms with van der Waals surface area (Å²) in [6.45, 7) is 2.71. The molecule has 24 heavy (non-hydrogen) atoms. The monoisotopic (exact) mass is 327 g/mol. The Kier molecular flexibility index (Phi) is 5.46. The molecule has 0 bridgehead atoms. The van der Waals surface area contributed by atoms with E-state index in [4.69, 9.17) is 0 Å². The highest BCUT2D eigenvalue weighted by Crippen LogP contribution is 2.20. The molecule has 0 radical (unpaired) electrons. The summed E-state index contributed by atoms with van der Waals surface area (Å²) in [6.07, 6.45) is 10.9. The topological polar surface area (TPSA) is 54.3 Å². The van der Waals surface area contributed by atoms with Crippen LogP contribution in [-0.2, 0) is 11.3 Å². The highest BCUT2D eigenvalue weighted by Gasteiger charge is 2.26. The number of anilines is 1. The molecule has 128 valence electrons. The average Bonchev–Trinajstić information content (AvgIpc) is 3.15. The number of nitrogens with zero attached hydrogens (tertiary/aromatic N) is 5. The van der Waals surface area contributed by atoms with E-state index in [1.54, 1.807) is 12.5 Å². The summed E-state index contributed by atoms with van der Waals surface area (Å²) in [5.41, 5.74) is 0. The zero-order valence-corrected chi connectivity index (χ0v) is 14.2. The first kappa shape index (κ1) is 16.5. The smallest absolute Gasteiger partial charge is 0.222 e. The first-order valence-corrected chi connectivity index (χ1v) is 8.61. The van der Waals surface area contributed by atoms with Gasteiger partial charge < -0.3 is 14.4 Å². The Labute approximate surface area is 143 Å². The first-order valence-electron chi connectivity index (χ1n) is 8.61. The van der Waals surface area contributed by atoms with E-state index in [0.717, 1.165) is 44.7 Å². The van der Waals surface area contributed by atoms with Crippen molar-refractivity contribution in [2.75, 3.05) is 25.0 Å². The highest BCUT2D eigenvalue weighted by molar-refractivity contribution is 5.76. The number of piperidine rings is 1. The van der Waals surface area contributed by atoms with Crippen LogP contribution >= 0.6 is 0 Å². The number of imidazole rings is 1. The minimum Gasteiger partial charge on any atom is -0.355 e. The number of pyridine rings is 1. The fourth-order valence-corrected chi connectivity index (χ4v) is 3.23. The second-order valence-electron chi connectivity index (χ2n) is 6.34. The predicted octanol–water partition coefficient (Wildman–Crippen LogP) is 2.19. The molecule has 3 heterocycles. The van der Waals surface area contributed by atoms with Crippen molar-refractivity contribution in [1.29, 1.82) is 0 Å². The Morgan fingerprint density at radius 3 is 3.04 bits per heavy atom. The van der Waals surface area contributed by atoms with Crippen molar-refractivity contribution in [3.05, 3.63) is 43.1 Å². The summed E-state index contributed by atoms with van der Waals surface area (Å²) >= 11 is 0. The Hall–Kier alpha value is -2.37. The van der Waals surface area contributed by atoms with Crippen molar-refractivity contribution in [2.45, 2.75) is 38.3 Å². The van der Waals surface area contributed by atoms with Crippen LogP contribution in [0.15, 0.2) is 43.1 Å². The largest absolute Gasteiger partial charge is 0.355 e. The normalized spacial score (nSPS) is 17.7. The molecule has 1 fully saturated rings. The predicted molar refractivity (Wildman–Crippen MR) is 93.7 cm³/mol. The highest BCUT2D eigenvalue weighted by atomic mass is 16.2. The van der Waals surface area contributed by atoms with E-state index in [9.17, 15) is 4.79 Å². The Balaban J connectivity index is 1.50. The summed E-state index contributed by atoms with van der Waals surface area (Å²) in [4.78, 5) is 25.2. The van der Waals surface area contributed by atoms with E-state index < -0.39 is 0 Å². The molecule has 0 N–H and O–H groups in total. The molecular weight excluding hydrogens is 302 g/mol. The molecule has 0 aromatic carbocycles. The average molecular weight is 327 g/mol. The molecule has 1 atom stereocenters. The van der Waals surface area contributed by atoms with Crippen molar-refractivity contribution in [3.63, 3.8) is 0 Å². The van der Waals surface area contributed by atoms with Crippen LogP contribution in [0.4, 0.5) is 5.82 Å². The summed E-state index contributed by atoms with van der Waals surface area (Å²) in [6, 6.07) is 6.24. The van der Waals surface area contributed by atoms with Crippen molar-refractivity contribution in [3.8, 4) is 0 Å². The van der Waals surface area contributed by atoms with Gasteiger partial charge in [-0.15, -0.1) is 0 Å². The molecule has 1 aliphatic heterocycles. The van der Waals surface area contributed by atoms with Gasteiger partial charge in [0, 0.05) is 57.7 Å². The standard InChI is InChI=1S/C18H25N5O/c1-21(18(24)8-5-11-22-13-10-19-15-22)16-6-4-12-23(14-16)17-7-2-3-9-20-17/h2-3,7,9-10,13,15-16H,4-6,8,11-12,14H2,1H3/t16-/m0/s1. The second kappa shape index (κ2) is 7.95. The lowest BCUT2D eigenvalue weighted by Crippen LogP contribution is -2.48. The molecule has 0 spiro atoms. The van der Waals surface area contributed by atoms with Gasteiger partial charge in [-0.25, -0.2) is 9.97 Å². The number of rotatable bonds is 6. The maximum Gasteiger partial charge on any atom is 0.222 e. The molecule has 1 amide bonds. The minimum absolute atomic E-state index is 0.225. The van der Waals surface area contributed by atoms with Crippen LogP contribution in [0.5, 0.6) is 0 Å². The van der Waals surface area contributed by atoms with E-state index in [-0.39, 0.29) is 11.9 Å². The van der Waals surface area contributed by atoms with Gasteiger partial charge in [-0.2, -0.15) is 0 Å². The molecular formula is C18H25N5O. The van der Waals surface area contributed by atoms with E-state index in [2.05, 4.69) is 14.9 Å². The van der Waals surface area contributed by atoms with Crippen LogP contribution in [0.3, 0.4) is 0 Å². The van der Waals surface area contributed by atoms with E-state index >= 15 is 0 Å². The van der Waals surface area contributed by atoms with Gasteiger partial charge in [0.1, 0.15) is 5.82 Å². The molecule has 6 nitrogen and oxygen atoms in total. The van der Waals surface area contributed by atoms with Crippen LogP contribution in [0.1, 0.15) is 25.7 Å². The summed E-state index contributed by atoms with van der Waals surface area (Å²) < 4.78 is 2.01. The van der Waals surface area contributed by atoms with E-state index in [0.29, 0.717) is 6.42 Å². The fourth-order valence-electron chi connectivity index (χ4n) is 3.23. The maximum absolute atomic E-state index is 12.5. The van der Waals surface area contributed by atoms with Crippen molar-refractivity contribution in [1.82, 2.24) is 19.4 Å². The van der Waals surface area contributed by atoms with Gasteiger partial charge in [0.15, 0.2) is 0 Å². The summed E-state index contributed by atoms with van der Waals surface area (Å²) in [7, 11) is 1.94. The van der Waals surface area contributed by atoms with Crippen LogP contribution in [0.2, 0.25) is 0 Å². The van der Waals surface area contributed by atoms with Crippen molar-refractivity contribution in [2.24, 2.45) is 0 Å². The number of hydrogen-bond acceptors (Lipinski definition) is 4. The minimum atomic E-state index is 0.225. The van der Waals surface area contributed by atoms with Crippen molar-refractivity contribution >= 4 is 11.7 Å². The second-order valence-corrected chi connectivity index (χ2v) is 6.34. The quantitative estimate of drug-likeness (QED) is 0.816. The third-order valence-corrected chi connectivity index (χ3v) is 4.68. The van der Waals surface area contributed by atoms with Crippen molar-refractivity contribution < 1.29 is 4.79 Å². The van der Waals surface area contributed by atoms with E-state index in [1.807, 2.05) is 47.1 Å². The van der Waals surface area contributed by atoms with Crippen LogP contribution in [0.25, 0.3) is 0 Å². The number of likely N-dealkylation sites (N-methyl/N-ethyl adjacent to an activating group) is 1. The number of aryl methyl sites for hydroxylation is 1. The lowest BCUT2D eigenvalue weighted by atomic mass is 10.0. The van der Waals surface area contributed by atoms with Crippen LogP contribution in [0, 0.1) is 0 Å². The van der Waals surface area contributed by atoms with E-state index in [1.165, 1.54) is 0 Å². The van der Waals surface area contributed by atoms with Gasteiger partial charge in [-0.3, -0.25) is 4.79 Å². The Morgan fingerprint density at radius 1 is 1.38 bits per heavy atom. The zero-order valence-electron chi connectivity index (χ0n) is 14.2. The molecule has 6 heteroatoms. The van der Waals surface area contributed by atoms with Crippen LogP contribution in [-0.4, -0.2) is 51.5 Å². The lowest BCUT2D eigenvalue weighted by Gasteiger charge is -2.38. The summed E-state index contributed by atoms with van der Waals surface area (Å²) in [5.74, 6) is 1.23. The number of carbonyl (C=O) groups is 1. The molecule has 0 saturated carbocycles. The molecule has 0 unspecified atom stereocenters. The number of amides is 1.